The fraction of sp³-hybridized carbons (Fsp3) is 0.423. The van der Waals surface area contributed by atoms with E-state index in [0.717, 1.165) is 11.3 Å². The van der Waals surface area contributed by atoms with Gasteiger partial charge in [-0.2, -0.15) is 0 Å². The number of benzene rings is 1. The summed E-state index contributed by atoms with van der Waals surface area (Å²) in [5, 5.41) is 10.6. The molecule has 12 heteroatoms. The fourth-order valence-electron chi connectivity index (χ4n) is 3.73. The van der Waals surface area contributed by atoms with E-state index >= 15 is 0 Å². The van der Waals surface area contributed by atoms with E-state index in [0.29, 0.717) is 24.7 Å². The number of anilines is 1. The number of hydrogen-bond acceptors (Lipinski definition) is 9. The summed E-state index contributed by atoms with van der Waals surface area (Å²) in [6.07, 6.45) is 2.47. The smallest absolute Gasteiger partial charge is 0.254 e. The van der Waals surface area contributed by atoms with Gasteiger partial charge in [-0.1, -0.05) is 22.9 Å². The summed E-state index contributed by atoms with van der Waals surface area (Å²) in [5.41, 5.74) is 1.15. The van der Waals surface area contributed by atoms with Gasteiger partial charge >= 0.3 is 0 Å². The highest BCUT2D eigenvalue weighted by Crippen LogP contribution is 2.23. The first kappa shape index (κ1) is 26.9. The topological polar surface area (TPSA) is 130 Å². The van der Waals surface area contributed by atoms with E-state index in [1.165, 1.54) is 18.0 Å². The van der Waals surface area contributed by atoms with Gasteiger partial charge in [0.05, 0.1) is 26.0 Å². The maximum absolute atomic E-state index is 12.7. The highest BCUT2D eigenvalue weighted by molar-refractivity contribution is 5.93. The number of aromatic nitrogens is 4. The molecule has 1 N–H and O–H groups in total. The van der Waals surface area contributed by atoms with Crippen molar-refractivity contribution in [1.82, 2.24) is 24.9 Å². The number of likely N-dealkylation sites (N-methyl/N-ethyl adjacent to an activating group) is 1. The Morgan fingerprint density at radius 3 is 2.79 bits per heavy atom. The molecule has 0 bridgehead atoms. The minimum Gasteiger partial charge on any atom is -0.491 e. The number of pyridine rings is 1. The van der Waals surface area contributed by atoms with Crippen LogP contribution < -0.4 is 19.5 Å². The zero-order valence-corrected chi connectivity index (χ0v) is 21.9. The van der Waals surface area contributed by atoms with E-state index in [1.54, 1.807) is 30.3 Å². The molecule has 0 saturated carbocycles. The van der Waals surface area contributed by atoms with Crippen molar-refractivity contribution in [3.05, 3.63) is 54.4 Å². The standard InChI is InChI=1S/C26H32N6O6/c1-17-5-7-19(8-6-17)36-15-18(2)31(3)25(33)14-32-13-23(29-30-32)28-26(34)22-11-21(16-37-22)38-20-9-10-27-24(12-20)35-4/h5-10,12-13,18,21-22H,11,14-16H2,1-4H3,(H,28,34). The normalized spacial score (nSPS) is 17.5. The Morgan fingerprint density at radius 2 is 2.03 bits per heavy atom. The van der Waals surface area contributed by atoms with Gasteiger partial charge in [-0.3, -0.25) is 9.59 Å². The monoisotopic (exact) mass is 524 g/mol. The van der Waals surface area contributed by atoms with Crippen LogP contribution in [0.4, 0.5) is 5.82 Å². The molecule has 1 fully saturated rings. The van der Waals surface area contributed by atoms with E-state index in [9.17, 15) is 9.59 Å². The molecule has 1 aromatic carbocycles. The number of ether oxygens (including phenoxy) is 4. The zero-order chi connectivity index (χ0) is 27.1. The van der Waals surface area contributed by atoms with Crippen molar-refractivity contribution in [3.8, 4) is 17.4 Å². The van der Waals surface area contributed by atoms with E-state index in [-0.39, 0.29) is 42.9 Å². The minimum atomic E-state index is -0.698. The van der Waals surface area contributed by atoms with Crippen LogP contribution in [0.25, 0.3) is 0 Å². The van der Waals surface area contributed by atoms with Crippen molar-refractivity contribution in [2.45, 2.75) is 45.1 Å². The van der Waals surface area contributed by atoms with E-state index in [1.807, 2.05) is 38.1 Å². The summed E-state index contributed by atoms with van der Waals surface area (Å²) in [4.78, 5) is 31.0. The first-order chi connectivity index (χ1) is 18.3. The van der Waals surface area contributed by atoms with Gasteiger partial charge in [0, 0.05) is 25.7 Å². The third kappa shape index (κ3) is 7.19. The molecule has 0 aliphatic carbocycles. The van der Waals surface area contributed by atoms with Crippen LogP contribution in [-0.4, -0.2) is 82.3 Å². The number of amides is 2. The first-order valence-electron chi connectivity index (χ1n) is 12.2. The summed E-state index contributed by atoms with van der Waals surface area (Å²) in [5.74, 6) is 1.48. The van der Waals surface area contributed by atoms with Crippen molar-refractivity contribution < 1.29 is 28.5 Å². The van der Waals surface area contributed by atoms with Crippen LogP contribution in [0.1, 0.15) is 18.9 Å². The number of methoxy groups -OCH3 is 1. The number of rotatable bonds is 11. The van der Waals surface area contributed by atoms with Gasteiger partial charge in [0.25, 0.3) is 5.91 Å². The molecule has 1 aliphatic heterocycles. The predicted molar refractivity (Wildman–Crippen MR) is 137 cm³/mol. The molecule has 38 heavy (non-hydrogen) atoms. The highest BCUT2D eigenvalue weighted by Gasteiger charge is 2.33. The van der Waals surface area contributed by atoms with Gasteiger partial charge in [-0.25, -0.2) is 9.67 Å². The van der Waals surface area contributed by atoms with E-state index in [4.69, 9.17) is 18.9 Å². The Kier molecular flexibility index (Phi) is 8.74. The Hall–Kier alpha value is -4.19. The minimum absolute atomic E-state index is 0.0283. The lowest BCUT2D eigenvalue weighted by Crippen LogP contribution is -2.40. The van der Waals surface area contributed by atoms with Gasteiger partial charge in [-0.15, -0.1) is 5.10 Å². The van der Waals surface area contributed by atoms with Crippen LogP contribution in [-0.2, 0) is 20.9 Å². The maximum Gasteiger partial charge on any atom is 0.254 e. The average Bonchev–Trinajstić information content (AvgIpc) is 3.57. The van der Waals surface area contributed by atoms with Crippen molar-refractivity contribution in [2.24, 2.45) is 0 Å². The van der Waals surface area contributed by atoms with Crippen LogP contribution in [0, 0.1) is 6.92 Å². The SMILES string of the molecule is COc1cc(OC2COC(C(=O)Nc3cn(CC(=O)N(C)C(C)COc4ccc(C)cc4)nn3)C2)ccn1. The van der Waals surface area contributed by atoms with Gasteiger partial charge in [0.1, 0.15) is 36.9 Å². The highest BCUT2D eigenvalue weighted by atomic mass is 16.6. The second kappa shape index (κ2) is 12.4. The van der Waals surface area contributed by atoms with Crippen LogP contribution in [0.2, 0.25) is 0 Å². The molecule has 0 spiro atoms. The van der Waals surface area contributed by atoms with Crippen LogP contribution in [0.3, 0.4) is 0 Å². The van der Waals surface area contributed by atoms with Crippen LogP contribution in [0.15, 0.2) is 48.8 Å². The Balaban J connectivity index is 1.22. The predicted octanol–water partition coefficient (Wildman–Crippen LogP) is 2.09. The summed E-state index contributed by atoms with van der Waals surface area (Å²) in [6.45, 7) is 4.51. The maximum atomic E-state index is 12.7. The number of hydrogen-bond donors (Lipinski definition) is 1. The van der Waals surface area contributed by atoms with Gasteiger partial charge in [0.15, 0.2) is 5.82 Å². The number of nitrogens with zero attached hydrogens (tertiary/aromatic N) is 5. The number of carbonyl (C=O) groups excluding carboxylic acids is 2. The van der Waals surface area contributed by atoms with Crippen molar-refractivity contribution in [3.63, 3.8) is 0 Å². The largest absolute Gasteiger partial charge is 0.491 e. The molecule has 202 valence electrons. The second-order valence-electron chi connectivity index (χ2n) is 9.10. The molecular weight excluding hydrogens is 492 g/mol. The van der Waals surface area contributed by atoms with Crippen molar-refractivity contribution >= 4 is 17.6 Å². The molecule has 3 unspecified atom stereocenters. The molecular formula is C26H32N6O6. The Morgan fingerprint density at radius 1 is 1.24 bits per heavy atom. The van der Waals surface area contributed by atoms with Crippen LogP contribution >= 0.6 is 0 Å². The summed E-state index contributed by atoms with van der Waals surface area (Å²) in [7, 11) is 3.24. The third-order valence-corrected chi connectivity index (χ3v) is 6.12. The van der Waals surface area contributed by atoms with E-state index < -0.39 is 6.10 Å². The van der Waals surface area contributed by atoms with Gasteiger partial charge < -0.3 is 29.2 Å². The summed E-state index contributed by atoms with van der Waals surface area (Å²) in [6, 6.07) is 11.0. The number of carbonyl (C=O) groups is 2. The molecule has 2 amide bonds. The quantitative estimate of drug-likeness (QED) is 0.401. The van der Waals surface area contributed by atoms with Crippen molar-refractivity contribution in [1.29, 1.82) is 0 Å². The third-order valence-electron chi connectivity index (χ3n) is 6.12. The summed E-state index contributed by atoms with van der Waals surface area (Å²) >= 11 is 0. The molecule has 1 saturated heterocycles. The zero-order valence-electron chi connectivity index (χ0n) is 21.9. The lowest BCUT2D eigenvalue weighted by molar-refractivity contribution is -0.133. The molecule has 2 aromatic heterocycles. The number of nitrogens with one attached hydrogen (secondary N) is 1. The summed E-state index contributed by atoms with van der Waals surface area (Å²) < 4.78 is 23.7. The van der Waals surface area contributed by atoms with Crippen molar-refractivity contribution in [2.75, 3.05) is 32.7 Å². The molecule has 3 heterocycles. The first-order valence-corrected chi connectivity index (χ1v) is 12.2. The lowest BCUT2D eigenvalue weighted by Gasteiger charge is -2.25. The average molecular weight is 525 g/mol. The van der Waals surface area contributed by atoms with Crippen LogP contribution in [0.5, 0.6) is 17.4 Å². The molecule has 3 aromatic rings. The van der Waals surface area contributed by atoms with Gasteiger partial charge in [-0.05, 0) is 32.0 Å². The molecule has 1 aliphatic rings. The Bertz CT molecular complexity index is 1230. The number of aryl methyl sites for hydroxylation is 1. The van der Waals surface area contributed by atoms with Gasteiger partial charge in [0.2, 0.25) is 11.8 Å². The molecule has 4 rings (SSSR count). The Labute approximate surface area is 220 Å². The fourth-order valence-corrected chi connectivity index (χ4v) is 3.73. The second-order valence-corrected chi connectivity index (χ2v) is 9.10. The van der Waals surface area contributed by atoms with E-state index in [2.05, 4.69) is 20.6 Å². The molecule has 12 nitrogen and oxygen atoms in total. The molecule has 0 radical (unpaired) electrons. The molecule has 3 atom stereocenters. The lowest BCUT2D eigenvalue weighted by atomic mass is 10.2.